The van der Waals surface area contributed by atoms with Crippen LogP contribution in [0.3, 0.4) is 0 Å². The number of unbranched alkanes of at least 4 members (excludes halogenated alkanes) is 3. The van der Waals surface area contributed by atoms with Crippen LogP contribution >= 0.6 is 0 Å². The van der Waals surface area contributed by atoms with Crippen molar-refractivity contribution in [1.82, 2.24) is 57.4 Å². The molecule has 1 aromatic heterocycles. The summed E-state index contributed by atoms with van der Waals surface area (Å²) in [6, 6.07) is -8.68. The van der Waals surface area contributed by atoms with Gasteiger partial charge in [0.25, 0.3) is 5.91 Å². The number of hydrogen-bond donors (Lipinski definition) is 18. The molecule has 2 unspecified atom stereocenters. The number of imidazole rings is 1. The van der Waals surface area contributed by atoms with Crippen molar-refractivity contribution in [2.75, 3.05) is 59.4 Å². The Hall–Kier alpha value is -6.83. The van der Waals surface area contributed by atoms with Crippen LogP contribution in [0.15, 0.2) is 29.3 Å². The van der Waals surface area contributed by atoms with Gasteiger partial charge in [0.2, 0.25) is 47.3 Å². The minimum Gasteiger partial charge on any atom is -0.389 e. The third-order valence-electron chi connectivity index (χ3n) is 12.4. The van der Waals surface area contributed by atoms with Crippen molar-refractivity contribution >= 4 is 59.1 Å². The van der Waals surface area contributed by atoms with E-state index in [1.165, 1.54) is 23.5 Å². The van der Waals surface area contributed by atoms with Gasteiger partial charge in [0.15, 0.2) is 5.96 Å². The summed E-state index contributed by atoms with van der Waals surface area (Å²) < 4.78 is 0. The van der Waals surface area contributed by atoms with E-state index in [0.29, 0.717) is 70.3 Å². The molecule has 0 aromatic carbocycles. The second-order valence-electron chi connectivity index (χ2n) is 18.6. The van der Waals surface area contributed by atoms with E-state index in [-0.39, 0.29) is 82.7 Å². The van der Waals surface area contributed by atoms with Crippen molar-refractivity contribution < 1.29 is 48.3 Å². The lowest BCUT2D eigenvalue weighted by molar-refractivity contribution is -0.142. The quantitative estimate of drug-likeness (QED) is 0.0126. The fraction of sp³-hybridized carbons (Fsp3) is 0.681. The summed E-state index contributed by atoms with van der Waals surface area (Å²) in [5.74, 6) is -7.20. The van der Waals surface area contributed by atoms with Gasteiger partial charge in [-0.05, 0) is 117 Å². The van der Waals surface area contributed by atoms with Crippen molar-refractivity contribution in [2.24, 2.45) is 50.9 Å². The molecular weight excluding hydrogens is 1000 g/mol. The van der Waals surface area contributed by atoms with Gasteiger partial charge in [-0.15, -0.1) is 0 Å². The van der Waals surface area contributed by atoms with Crippen molar-refractivity contribution in [3.8, 4) is 0 Å². The van der Waals surface area contributed by atoms with Crippen LogP contribution in [0.25, 0.3) is 0 Å². The number of rotatable bonds is 39. The van der Waals surface area contributed by atoms with Crippen LogP contribution in [0, 0.1) is 0 Å². The van der Waals surface area contributed by atoms with Crippen LogP contribution in [0.4, 0.5) is 0 Å². The molecule has 2 rings (SSSR count). The molecule has 77 heavy (non-hydrogen) atoms. The first-order valence-corrected chi connectivity index (χ1v) is 26.1. The van der Waals surface area contributed by atoms with Gasteiger partial charge in [0.1, 0.15) is 41.9 Å². The maximum absolute atomic E-state index is 14.3. The Morgan fingerprint density at radius 1 is 0.766 bits per heavy atom. The molecule has 0 bridgehead atoms. The number of nitrogens with zero attached hydrogens (tertiary/aromatic N) is 3. The molecule has 8 atom stereocenters. The molecule has 26 N–H and O–H groups in total. The lowest BCUT2D eigenvalue weighted by Gasteiger charge is -2.30. The Morgan fingerprint density at radius 2 is 1.40 bits per heavy atom. The number of aromatic nitrogens is 2. The van der Waals surface area contributed by atoms with Gasteiger partial charge in [0.05, 0.1) is 25.0 Å². The number of aliphatic imine (C=N–C) groups is 1. The van der Waals surface area contributed by atoms with Gasteiger partial charge < -0.3 is 103 Å². The average molecular weight is 1090 g/mol. The van der Waals surface area contributed by atoms with E-state index >= 15 is 0 Å². The fourth-order valence-corrected chi connectivity index (χ4v) is 8.13. The van der Waals surface area contributed by atoms with Crippen molar-refractivity contribution in [2.45, 2.75) is 145 Å². The number of nitrogens with one attached hydrogen (secondary N) is 9. The normalized spacial score (nSPS) is 16.1. The van der Waals surface area contributed by atoms with Crippen LogP contribution in [-0.4, -0.2) is 187 Å². The number of guanidine groups is 1. The smallest absolute Gasteiger partial charge is 0.264 e. The highest BCUT2D eigenvalue weighted by atomic mass is 16.3. The molecule has 434 valence electrons. The maximum atomic E-state index is 14.3. The molecule has 1 aliphatic heterocycles. The summed E-state index contributed by atoms with van der Waals surface area (Å²) in [5, 5.41) is 31.7. The summed E-state index contributed by atoms with van der Waals surface area (Å²) in [5.41, 5.74) is 45.2. The number of likely N-dealkylation sites (tertiary alicyclic amines) is 1. The number of aliphatic hydroxyl groups excluding tert-OH is 1. The number of aliphatic hydroxyl groups is 1. The first-order valence-electron chi connectivity index (χ1n) is 26.1. The average Bonchev–Trinajstić information content (AvgIpc) is 4.12. The van der Waals surface area contributed by atoms with Gasteiger partial charge in [-0.3, -0.25) is 48.1 Å². The molecule has 2 heterocycles. The molecule has 1 aliphatic rings. The van der Waals surface area contributed by atoms with E-state index in [4.69, 9.17) is 45.9 Å². The highest BCUT2D eigenvalue weighted by molar-refractivity contribution is 6.00. The first kappa shape index (κ1) is 66.3. The second-order valence-corrected chi connectivity index (χ2v) is 18.6. The predicted molar refractivity (Wildman–Crippen MR) is 285 cm³/mol. The third-order valence-corrected chi connectivity index (χ3v) is 12.4. The van der Waals surface area contributed by atoms with Crippen LogP contribution in [-0.2, 0) is 49.6 Å². The van der Waals surface area contributed by atoms with E-state index in [1.54, 1.807) is 7.05 Å². The minimum atomic E-state index is -1.57. The van der Waals surface area contributed by atoms with Crippen LogP contribution < -0.4 is 88.4 Å². The van der Waals surface area contributed by atoms with E-state index in [0.717, 1.165) is 0 Å². The zero-order valence-corrected chi connectivity index (χ0v) is 44.2. The van der Waals surface area contributed by atoms with Crippen molar-refractivity contribution in [3.05, 3.63) is 30.0 Å². The van der Waals surface area contributed by atoms with Crippen molar-refractivity contribution in [3.63, 3.8) is 0 Å². The summed E-state index contributed by atoms with van der Waals surface area (Å²) in [7, 11) is 1.75. The van der Waals surface area contributed by atoms with E-state index in [9.17, 15) is 48.3 Å². The predicted octanol–water partition coefficient (Wildman–Crippen LogP) is -7.33. The van der Waals surface area contributed by atoms with Gasteiger partial charge >= 0.3 is 0 Å². The Kier molecular flexibility index (Phi) is 31.9. The number of primary amides is 1. The molecule has 0 spiro atoms. The molecule has 0 radical (unpaired) electrons. The number of H-pyrrole nitrogens is 1. The molecule has 30 nitrogen and oxygen atoms in total. The molecule has 1 fully saturated rings. The topological polar surface area (TPSA) is 523 Å². The zero-order valence-electron chi connectivity index (χ0n) is 44.2. The zero-order chi connectivity index (χ0) is 57.3. The van der Waals surface area contributed by atoms with Crippen LogP contribution in [0.1, 0.15) is 95.6 Å². The van der Waals surface area contributed by atoms with E-state index in [2.05, 4.69) is 57.5 Å². The lowest BCUT2D eigenvalue weighted by Crippen LogP contribution is -2.61. The van der Waals surface area contributed by atoms with Gasteiger partial charge in [-0.2, -0.15) is 0 Å². The van der Waals surface area contributed by atoms with E-state index in [1.807, 2.05) is 0 Å². The number of amides is 9. The molecule has 9 amide bonds. The summed E-state index contributed by atoms with van der Waals surface area (Å²) in [6.07, 6.45) is 7.12. The molecule has 1 saturated heterocycles. The Bertz CT molecular complexity index is 2090. The summed E-state index contributed by atoms with van der Waals surface area (Å²) >= 11 is 0. The van der Waals surface area contributed by atoms with Crippen LogP contribution in [0.5, 0.6) is 0 Å². The van der Waals surface area contributed by atoms with E-state index < -0.39 is 115 Å². The first-order chi connectivity index (χ1) is 36.8. The van der Waals surface area contributed by atoms with Crippen LogP contribution in [0.2, 0.25) is 0 Å². The molecule has 0 saturated carbocycles. The van der Waals surface area contributed by atoms with Gasteiger partial charge in [-0.1, -0.05) is 12.5 Å². The molecule has 1 aromatic rings. The molecule has 30 heteroatoms. The summed E-state index contributed by atoms with van der Waals surface area (Å²) in [6.45, 7) is 0.584. The number of carbonyl (C=O) groups is 9. The largest absolute Gasteiger partial charge is 0.389 e. The molecule has 0 aliphatic carbocycles. The monoisotopic (exact) mass is 1090 g/mol. The highest BCUT2D eigenvalue weighted by Crippen LogP contribution is 2.20. The second kappa shape index (κ2) is 37.0. The lowest BCUT2D eigenvalue weighted by atomic mass is 10.0. The third kappa shape index (κ3) is 24.8. The molecular formula is C47H86N20O10. The minimum absolute atomic E-state index is 0.0542. The maximum Gasteiger partial charge on any atom is 0.264 e. The highest BCUT2D eigenvalue weighted by Gasteiger charge is 2.40. The SMILES string of the molecule is CNCCCC[C@H](NC(=O)[C@H](NC(=O)C(N)CCCCN)[C@@H](O)CN)C(=O)NCC(=O)N[C@H](CCCN)C(=O)N1CCC[C@H]1C(=O)NC(Cc1cnc[nH]1)C(=O)N[C@@H](CCCCN)C(=O)N/C(=C\CCN=C(N)N)C(N)=O. The fourth-order valence-electron chi connectivity index (χ4n) is 8.13. The Labute approximate surface area is 448 Å². The standard InChI is InChI=1S/C47H86N20O10/c1-56-20-7-4-13-31(64-45(76)38(36(68)24-51)66-40(71)29(52)11-2-5-17-48)41(72)59-26-37(69)61-33(14-8-19-50)46(77)67-22-10-16-35(67)44(75)65-34(23-28-25-57-27-60-28)43(74)63-32(12-3-6-18-49)42(73)62-30(39(53)70)15-9-21-58-47(54)55/h15,25,27,29,31-36,38,56,68H,2-14,16-24,26,48-52H2,1H3,(H2,53,70)(H,57,60)(H,59,72)(H,61,69)(H,62,73)(H,63,74)(H,64,76)(H,65,75)(H,66,71)(H4,54,55,58)/b30-15-/t29?,31-,32-,33+,34?,35-,36-,38+/m0/s1. The number of hydrogen-bond acceptors (Lipinski definition) is 18. The summed E-state index contributed by atoms with van der Waals surface area (Å²) in [4.78, 5) is 134. The number of carbonyl (C=O) groups excluding carboxylic acids is 9. The Balaban J connectivity index is 2.29. The number of nitrogens with two attached hydrogens (primary N) is 8. The van der Waals surface area contributed by atoms with Crippen molar-refractivity contribution in [1.29, 1.82) is 0 Å². The number of aromatic amines is 1. The Morgan fingerprint density at radius 3 is 2.01 bits per heavy atom. The van der Waals surface area contributed by atoms with Gasteiger partial charge in [0, 0.05) is 37.9 Å². The van der Waals surface area contributed by atoms with Gasteiger partial charge in [-0.25, -0.2) is 4.98 Å².